The fourth-order valence-electron chi connectivity index (χ4n) is 7.70. The summed E-state index contributed by atoms with van der Waals surface area (Å²) >= 11 is 0. The van der Waals surface area contributed by atoms with E-state index < -0.39 is 18.5 Å². The van der Waals surface area contributed by atoms with Gasteiger partial charge in [0.1, 0.15) is 40.6 Å². The Morgan fingerprint density at radius 1 is 0.521 bits per heavy atom. The smallest absolute Gasteiger partial charge is 0.384 e. The van der Waals surface area contributed by atoms with Crippen LogP contribution in [0, 0.1) is 17.9 Å². The van der Waals surface area contributed by atoms with E-state index in [4.69, 9.17) is 30.9 Å². The Morgan fingerprint density at radius 3 is 1.21 bits per heavy atom. The zero-order valence-electron chi connectivity index (χ0n) is 37.9. The quantitative estimate of drug-likeness (QED) is 0.0524. The Balaban J connectivity index is 0.000000172. The van der Waals surface area contributed by atoms with Crippen LogP contribution in [0.3, 0.4) is 0 Å². The molecule has 0 saturated carbocycles. The molecule has 0 aliphatic carbocycles. The summed E-state index contributed by atoms with van der Waals surface area (Å²) in [6.45, 7) is 5.56. The van der Waals surface area contributed by atoms with Gasteiger partial charge >= 0.3 is 18.5 Å². The van der Waals surface area contributed by atoms with E-state index in [-0.39, 0.29) is 5.57 Å². The van der Waals surface area contributed by atoms with Crippen LogP contribution in [0.5, 0.6) is 0 Å². The number of carboxylic acid groups (broad SMARTS) is 2. The number of nitriles is 1. The number of aliphatic carboxylic acids is 2. The monoisotopic (exact) mass is 930 g/mol. The van der Waals surface area contributed by atoms with Gasteiger partial charge in [0, 0.05) is 61.6 Å². The van der Waals surface area contributed by atoms with Crippen molar-refractivity contribution >= 4 is 80.4 Å². The molecule has 0 amide bonds. The van der Waals surface area contributed by atoms with Gasteiger partial charge in [-0.1, -0.05) is 78.9 Å². The molecule has 11 heteroatoms. The first-order valence-electron chi connectivity index (χ1n) is 22.1. The van der Waals surface area contributed by atoms with Crippen molar-refractivity contribution in [3.05, 3.63) is 247 Å². The van der Waals surface area contributed by atoms with Crippen LogP contribution in [0.15, 0.2) is 233 Å². The van der Waals surface area contributed by atoms with Crippen molar-refractivity contribution in [1.29, 1.82) is 5.26 Å². The van der Waals surface area contributed by atoms with Crippen molar-refractivity contribution in [3.8, 4) is 28.7 Å². The first kappa shape index (κ1) is 47.3. The number of carboxylic acids is 2. The van der Waals surface area contributed by atoms with E-state index in [9.17, 15) is 14.4 Å². The number of aldehydes is 1. The lowest BCUT2D eigenvalue weighted by atomic mass is 10.1. The number of fused-ring (bicyclic) bond motifs is 2. The third-order valence-electron chi connectivity index (χ3n) is 11.0. The highest BCUT2D eigenvalue weighted by molar-refractivity contribution is 5.97. The fourth-order valence-corrected chi connectivity index (χ4v) is 7.70. The second-order valence-electron chi connectivity index (χ2n) is 15.7. The lowest BCUT2D eigenvalue weighted by Crippen LogP contribution is -2.09. The molecule has 0 spiro atoms. The molecule has 0 bridgehead atoms. The van der Waals surface area contributed by atoms with Gasteiger partial charge in [-0.2, -0.15) is 5.26 Å². The topological polar surface area (TPSA) is 153 Å². The van der Waals surface area contributed by atoms with Crippen LogP contribution < -0.4 is 9.80 Å². The predicted molar refractivity (Wildman–Crippen MR) is 278 cm³/mol. The Kier molecular flexibility index (Phi) is 15.0. The maximum absolute atomic E-state index is 11.1. The van der Waals surface area contributed by atoms with Gasteiger partial charge in [0.25, 0.3) is 0 Å². The molecule has 8 aromatic carbocycles. The number of carbonyl (C=O) groups is 3. The summed E-state index contributed by atoms with van der Waals surface area (Å²) < 4.78 is 12.0. The molecule has 0 unspecified atom stereocenters. The van der Waals surface area contributed by atoms with Crippen LogP contribution in [-0.4, -0.2) is 35.0 Å². The summed E-state index contributed by atoms with van der Waals surface area (Å²) in [4.78, 5) is 38.5. The molecular formula is C60H42N4O7. The molecule has 2 heterocycles. The number of benzene rings is 8. The molecule has 0 aliphatic heterocycles. The third kappa shape index (κ3) is 11.7. The number of hydrogen-bond acceptors (Lipinski definition) is 8. The zero-order valence-corrected chi connectivity index (χ0v) is 37.9. The standard InChI is InChI=1S/C30H20N2O3.C27H19NO2.C3H3NO2/c31-20-24(30(33)34)18-21-11-16-28-23(17-21)19-29(35-28)22-12-14-27(15-13-22)32(25-7-3-1-4-8-25)26-9-5-2-6-10-26;29-19-20-11-16-26-22(17-20)18-27(30-26)21-12-14-25(15-13-21)28(23-7-3-1-4-8-23)24-9-5-2-6-10-24;1-4-2-3(5)6/h1-19H,(H,33,34);1-19H;2H2,(H,5,6). The van der Waals surface area contributed by atoms with Gasteiger partial charge in [-0.15, -0.1) is 0 Å². The number of nitrogens with zero attached hydrogens (tertiary/aromatic N) is 4. The van der Waals surface area contributed by atoms with Gasteiger partial charge in [0.2, 0.25) is 0 Å². The molecule has 71 heavy (non-hydrogen) atoms. The van der Waals surface area contributed by atoms with Crippen molar-refractivity contribution in [2.45, 2.75) is 0 Å². The van der Waals surface area contributed by atoms with Crippen molar-refractivity contribution in [1.82, 2.24) is 0 Å². The average molecular weight is 931 g/mol. The van der Waals surface area contributed by atoms with Gasteiger partial charge in [0.05, 0.1) is 0 Å². The molecule has 0 aliphatic rings. The highest BCUT2D eigenvalue weighted by Gasteiger charge is 2.16. The highest BCUT2D eigenvalue weighted by Crippen LogP contribution is 2.38. The Morgan fingerprint density at radius 2 is 0.887 bits per heavy atom. The van der Waals surface area contributed by atoms with Gasteiger partial charge in [-0.25, -0.2) is 16.2 Å². The first-order valence-corrected chi connectivity index (χ1v) is 22.1. The number of para-hydroxylation sites is 4. The number of rotatable bonds is 12. The summed E-state index contributed by atoms with van der Waals surface area (Å²) in [5.74, 6) is -0.825. The average Bonchev–Trinajstić information content (AvgIpc) is 4.05. The Bertz CT molecular complexity index is 3460. The van der Waals surface area contributed by atoms with Crippen LogP contribution in [0.1, 0.15) is 15.9 Å². The predicted octanol–water partition coefficient (Wildman–Crippen LogP) is 14.9. The number of anilines is 6. The van der Waals surface area contributed by atoms with Crippen molar-refractivity contribution in [3.63, 3.8) is 0 Å². The second-order valence-corrected chi connectivity index (χ2v) is 15.7. The summed E-state index contributed by atoms with van der Waals surface area (Å²) in [6.07, 6.45) is 2.20. The largest absolute Gasteiger partial charge is 0.477 e. The summed E-state index contributed by atoms with van der Waals surface area (Å²) in [5.41, 5.74) is 10.7. The van der Waals surface area contributed by atoms with E-state index in [0.29, 0.717) is 22.5 Å². The van der Waals surface area contributed by atoms with Crippen molar-refractivity contribution in [2.24, 2.45) is 0 Å². The second kappa shape index (κ2) is 22.5. The lowest BCUT2D eigenvalue weighted by molar-refractivity contribution is -0.135. The molecule has 0 atom stereocenters. The van der Waals surface area contributed by atoms with Crippen LogP contribution in [0.25, 0.3) is 55.5 Å². The maximum atomic E-state index is 11.1. The van der Waals surface area contributed by atoms with Crippen molar-refractivity contribution in [2.75, 3.05) is 16.3 Å². The van der Waals surface area contributed by atoms with Gasteiger partial charge in [0.15, 0.2) is 0 Å². The SMILES string of the molecule is N#CC(=Cc1ccc2oc(-c3ccc(N(c4ccccc4)c4ccccc4)cc3)cc2c1)C(=O)O.O=Cc1ccc2oc(-c3ccc(N(c4ccccc4)c4ccccc4)cc3)cc2c1.[C-]#[N+]CC(=O)O. The van der Waals surface area contributed by atoms with Crippen LogP contribution in [0.4, 0.5) is 34.1 Å². The first-order chi connectivity index (χ1) is 34.7. The summed E-state index contributed by atoms with van der Waals surface area (Å²) in [6, 6.07) is 73.9. The van der Waals surface area contributed by atoms with E-state index in [1.165, 1.54) is 6.08 Å². The third-order valence-corrected chi connectivity index (χ3v) is 11.0. The molecule has 0 saturated heterocycles. The molecule has 344 valence electrons. The Labute approximate surface area is 409 Å². The minimum Gasteiger partial charge on any atom is -0.477 e. The van der Waals surface area contributed by atoms with E-state index in [1.807, 2.05) is 115 Å². The van der Waals surface area contributed by atoms with Crippen LogP contribution >= 0.6 is 0 Å². The minimum absolute atomic E-state index is 0.315. The molecule has 2 aromatic heterocycles. The minimum atomic E-state index is -1.25. The lowest BCUT2D eigenvalue weighted by Gasteiger charge is -2.25. The number of hydrogen-bond donors (Lipinski definition) is 2. The van der Waals surface area contributed by atoms with Gasteiger partial charge in [-0.05, 0) is 151 Å². The molecule has 0 fully saturated rings. The Hall–Kier alpha value is -10.2. The van der Waals surface area contributed by atoms with Gasteiger partial charge in [-0.3, -0.25) is 4.79 Å². The van der Waals surface area contributed by atoms with E-state index in [0.717, 1.165) is 73.7 Å². The zero-order chi connectivity index (χ0) is 49.5. The molecule has 11 nitrogen and oxygen atoms in total. The van der Waals surface area contributed by atoms with E-state index in [1.54, 1.807) is 24.3 Å². The number of furan rings is 2. The molecule has 2 N–H and O–H groups in total. The number of carbonyl (C=O) groups excluding carboxylic acids is 1. The molecule has 10 aromatic rings. The van der Waals surface area contributed by atoms with Gasteiger partial charge < -0.3 is 33.7 Å². The molecular weight excluding hydrogens is 889 g/mol. The van der Waals surface area contributed by atoms with Crippen LogP contribution in [0.2, 0.25) is 0 Å². The fraction of sp³-hybridized carbons (Fsp3) is 0.0167. The van der Waals surface area contributed by atoms with Crippen LogP contribution in [-0.2, 0) is 9.59 Å². The maximum Gasteiger partial charge on any atom is 0.384 e. The normalized spacial score (nSPS) is 10.6. The van der Waals surface area contributed by atoms with E-state index in [2.05, 4.69) is 99.6 Å². The van der Waals surface area contributed by atoms with Crippen molar-refractivity contribution < 1.29 is 33.4 Å². The summed E-state index contributed by atoms with van der Waals surface area (Å²) in [5, 5.41) is 27.6. The molecule has 10 rings (SSSR count). The highest BCUT2D eigenvalue weighted by atomic mass is 16.4. The molecule has 0 radical (unpaired) electrons. The van der Waals surface area contributed by atoms with E-state index >= 15 is 0 Å². The summed E-state index contributed by atoms with van der Waals surface area (Å²) in [7, 11) is 0.